The van der Waals surface area contributed by atoms with Crippen LogP contribution >= 0.6 is 0 Å². The number of hydrogen-bond donors (Lipinski definition) is 1. The highest BCUT2D eigenvalue weighted by Gasteiger charge is 2.14. The molecule has 5 rings (SSSR count). The van der Waals surface area contributed by atoms with E-state index in [2.05, 4.69) is 27.0 Å². The van der Waals surface area contributed by atoms with Crippen molar-refractivity contribution >= 4 is 45.7 Å². The molecular formula is C21H15N5O. The van der Waals surface area contributed by atoms with Gasteiger partial charge in [0.25, 0.3) is 5.78 Å². The van der Waals surface area contributed by atoms with Crippen LogP contribution in [-0.2, 0) is 0 Å². The number of benzene rings is 3. The van der Waals surface area contributed by atoms with E-state index >= 15 is 0 Å². The summed E-state index contributed by atoms with van der Waals surface area (Å²) < 4.78 is 1.50. The first-order valence-corrected chi connectivity index (χ1v) is 8.54. The second-order valence-electron chi connectivity index (χ2n) is 6.51. The normalized spacial score (nSPS) is 11.4. The monoisotopic (exact) mass is 353 g/mol. The van der Waals surface area contributed by atoms with Crippen LogP contribution in [0.2, 0.25) is 0 Å². The van der Waals surface area contributed by atoms with Crippen LogP contribution in [0, 0.1) is 6.92 Å². The van der Waals surface area contributed by atoms with Crippen molar-refractivity contribution in [2.45, 2.75) is 6.92 Å². The molecule has 0 atom stereocenters. The zero-order valence-electron chi connectivity index (χ0n) is 14.6. The van der Waals surface area contributed by atoms with Crippen molar-refractivity contribution in [3.63, 3.8) is 0 Å². The topological polar surface area (TPSA) is 72.2 Å². The Labute approximate surface area is 153 Å². The van der Waals surface area contributed by atoms with Crippen molar-refractivity contribution in [2.24, 2.45) is 0 Å². The predicted octanol–water partition coefficient (Wildman–Crippen LogP) is 2.97. The number of nitrogens with one attached hydrogen (secondary N) is 1. The van der Waals surface area contributed by atoms with E-state index in [0.29, 0.717) is 28.0 Å². The van der Waals surface area contributed by atoms with E-state index in [1.165, 1.54) is 10.1 Å². The van der Waals surface area contributed by atoms with Crippen molar-refractivity contribution in [1.82, 2.24) is 19.6 Å². The molecule has 0 aliphatic rings. The van der Waals surface area contributed by atoms with Gasteiger partial charge < -0.3 is 5.32 Å². The highest BCUT2D eigenvalue weighted by molar-refractivity contribution is 5.97. The molecule has 0 unspecified atom stereocenters. The van der Waals surface area contributed by atoms with E-state index in [1.807, 2.05) is 49.4 Å². The number of anilines is 2. The maximum absolute atomic E-state index is 13.1. The van der Waals surface area contributed by atoms with Crippen molar-refractivity contribution in [3.05, 3.63) is 75.7 Å². The van der Waals surface area contributed by atoms with Crippen molar-refractivity contribution in [2.75, 3.05) is 5.32 Å². The van der Waals surface area contributed by atoms with Crippen LogP contribution in [-0.4, -0.2) is 19.6 Å². The van der Waals surface area contributed by atoms with E-state index in [1.54, 1.807) is 12.3 Å². The van der Waals surface area contributed by atoms with Gasteiger partial charge in [0.15, 0.2) is 0 Å². The Hall–Kier alpha value is -3.80. The van der Waals surface area contributed by atoms with E-state index in [-0.39, 0.29) is 5.43 Å². The highest BCUT2D eigenvalue weighted by Crippen LogP contribution is 2.17. The van der Waals surface area contributed by atoms with Gasteiger partial charge in [0.05, 0.1) is 0 Å². The summed E-state index contributed by atoms with van der Waals surface area (Å²) in [5.41, 5.74) is 2.37. The number of aromatic nitrogens is 4. The molecule has 0 amide bonds. The summed E-state index contributed by atoms with van der Waals surface area (Å²) in [6.07, 6.45) is 1.64. The summed E-state index contributed by atoms with van der Waals surface area (Å²) in [6, 6.07) is 15.4. The lowest BCUT2D eigenvalue weighted by atomic mass is 10.0. The third-order valence-electron chi connectivity index (χ3n) is 4.71. The standard InChI is InChI=1S/C21H15N5O/c1-12-7-9-14(10-8-12)23-20-24-21-22-11-17-13(2)15-5-3-4-6-16(15)19(27)18(17)26(21)25-20/h3-11H,2H2,1H3,(H,23,25). The van der Waals surface area contributed by atoms with Gasteiger partial charge >= 0.3 is 0 Å². The maximum atomic E-state index is 13.1. The summed E-state index contributed by atoms with van der Waals surface area (Å²) in [5, 5.41) is 10.5. The molecule has 0 fully saturated rings. The molecule has 0 radical (unpaired) electrons. The number of rotatable bonds is 2. The maximum Gasteiger partial charge on any atom is 0.254 e. The minimum Gasteiger partial charge on any atom is -0.323 e. The molecule has 2 aromatic heterocycles. The van der Waals surface area contributed by atoms with Crippen molar-refractivity contribution in [3.8, 4) is 0 Å². The Kier molecular flexibility index (Phi) is 3.21. The quantitative estimate of drug-likeness (QED) is 0.494. The van der Waals surface area contributed by atoms with Gasteiger partial charge in [-0.3, -0.25) is 4.79 Å². The van der Waals surface area contributed by atoms with Gasteiger partial charge in [-0.25, -0.2) is 4.98 Å². The molecule has 6 heteroatoms. The lowest BCUT2D eigenvalue weighted by Crippen LogP contribution is -2.16. The van der Waals surface area contributed by atoms with Gasteiger partial charge in [0, 0.05) is 22.7 Å². The molecule has 130 valence electrons. The Morgan fingerprint density at radius 1 is 1.00 bits per heavy atom. The fourth-order valence-corrected chi connectivity index (χ4v) is 3.31. The molecule has 0 bridgehead atoms. The molecule has 0 saturated heterocycles. The van der Waals surface area contributed by atoms with Crippen molar-refractivity contribution in [1.29, 1.82) is 0 Å². The minimum atomic E-state index is -0.104. The summed E-state index contributed by atoms with van der Waals surface area (Å²) in [4.78, 5) is 21.9. The third kappa shape index (κ3) is 2.34. The van der Waals surface area contributed by atoms with E-state index in [9.17, 15) is 4.79 Å². The van der Waals surface area contributed by atoms with Gasteiger partial charge in [-0.15, -0.1) is 5.10 Å². The minimum absolute atomic E-state index is 0.104. The molecule has 5 aromatic rings. The van der Waals surface area contributed by atoms with Crippen LogP contribution in [0.3, 0.4) is 0 Å². The van der Waals surface area contributed by atoms with Crippen molar-refractivity contribution < 1.29 is 0 Å². The second kappa shape index (κ2) is 5.60. The zero-order valence-corrected chi connectivity index (χ0v) is 14.6. The van der Waals surface area contributed by atoms with Gasteiger partial charge in [0.2, 0.25) is 11.4 Å². The Morgan fingerprint density at radius 2 is 1.74 bits per heavy atom. The van der Waals surface area contributed by atoms with E-state index in [0.717, 1.165) is 16.3 Å². The Balaban J connectivity index is 1.77. The van der Waals surface area contributed by atoms with Gasteiger partial charge in [-0.05, 0) is 29.7 Å². The largest absolute Gasteiger partial charge is 0.323 e. The fraction of sp³-hybridized carbons (Fsp3) is 0.0476. The van der Waals surface area contributed by atoms with E-state index in [4.69, 9.17) is 0 Å². The lowest BCUT2D eigenvalue weighted by Gasteiger charge is -2.04. The fourth-order valence-electron chi connectivity index (χ4n) is 3.31. The van der Waals surface area contributed by atoms with Crippen LogP contribution in [0.4, 0.5) is 11.6 Å². The molecule has 1 N–H and O–H groups in total. The highest BCUT2D eigenvalue weighted by atomic mass is 16.1. The number of hydrogen-bond acceptors (Lipinski definition) is 5. The molecule has 0 aliphatic carbocycles. The SMILES string of the molecule is C=c1c2ccccc2c(=O)c2c1cnc1nc(Nc3ccc(C)cc3)nn12. The van der Waals surface area contributed by atoms with Gasteiger partial charge in [-0.2, -0.15) is 9.50 Å². The smallest absolute Gasteiger partial charge is 0.254 e. The first-order valence-electron chi connectivity index (χ1n) is 8.54. The number of aryl methyl sites for hydroxylation is 1. The molecule has 3 aromatic carbocycles. The van der Waals surface area contributed by atoms with Gasteiger partial charge in [0.1, 0.15) is 5.52 Å². The van der Waals surface area contributed by atoms with Crippen LogP contribution in [0.25, 0.3) is 34.0 Å². The van der Waals surface area contributed by atoms with Gasteiger partial charge in [-0.1, -0.05) is 48.5 Å². The summed E-state index contributed by atoms with van der Waals surface area (Å²) in [5.74, 6) is 0.751. The average molecular weight is 353 g/mol. The van der Waals surface area contributed by atoms with Crippen LogP contribution in [0.1, 0.15) is 5.56 Å². The molecule has 27 heavy (non-hydrogen) atoms. The lowest BCUT2D eigenvalue weighted by molar-refractivity contribution is 0.983. The van der Waals surface area contributed by atoms with Crippen LogP contribution < -0.4 is 16.0 Å². The third-order valence-corrected chi connectivity index (χ3v) is 4.71. The zero-order chi connectivity index (χ0) is 18.5. The molecule has 2 heterocycles. The average Bonchev–Trinajstić information content (AvgIpc) is 3.10. The Bertz CT molecular complexity index is 1440. The molecule has 6 nitrogen and oxygen atoms in total. The summed E-state index contributed by atoms with van der Waals surface area (Å²) >= 11 is 0. The molecule has 0 spiro atoms. The summed E-state index contributed by atoms with van der Waals surface area (Å²) in [7, 11) is 0. The molecule has 0 saturated carbocycles. The van der Waals surface area contributed by atoms with E-state index < -0.39 is 0 Å². The summed E-state index contributed by atoms with van der Waals surface area (Å²) in [6.45, 7) is 6.18. The predicted molar refractivity (Wildman–Crippen MR) is 107 cm³/mol. The van der Waals surface area contributed by atoms with Crippen LogP contribution in [0.15, 0.2) is 59.5 Å². The number of fused-ring (bicyclic) bond motifs is 4. The second-order valence-corrected chi connectivity index (χ2v) is 6.51. The molecular weight excluding hydrogens is 338 g/mol. The first kappa shape index (κ1) is 15.5. The number of nitrogens with zero attached hydrogens (tertiary/aromatic N) is 4. The Morgan fingerprint density at radius 3 is 2.52 bits per heavy atom. The first-order chi connectivity index (χ1) is 13.1. The molecule has 0 aliphatic heterocycles. The van der Waals surface area contributed by atoms with Crippen LogP contribution in [0.5, 0.6) is 0 Å².